The first kappa shape index (κ1) is 21.0. The highest BCUT2D eigenvalue weighted by molar-refractivity contribution is 6.60. The molecule has 0 atom stereocenters. The van der Waals surface area contributed by atoms with E-state index in [0.717, 1.165) is 28.5 Å². The van der Waals surface area contributed by atoms with Crippen molar-refractivity contribution in [3.63, 3.8) is 0 Å². The summed E-state index contributed by atoms with van der Waals surface area (Å²) in [5.74, 6) is 0.580. The molecule has 0 saturated heterocycles. The molecule has 0 N–H and O–H groups in total. The second-order valence-electron chi connectivity index (χ2n) is 7.98. The number of fused-ring (bicyclic) bond motifs is 1. The van der Waals surface area contributed by atoms with Crippen LogP contribution in [0.3, 0.4) is 0 Å². The highest BCUT2D eigenvalue weighted by Crippen LogP contribution is 2.32. The molecular formula is C21H17B6N. The Labute approximate surface area is 175 Å². The van der Waals surface area contributed by atoms with E-state index in [1.807, 2.05) is 6.07 Å². The van der Waals surface area contributed by atoms with Crippen molar-refractivity contribution in [3.05, 3.63) is 65.4 Å². The SMILES string of the molecule is [B]C([B])([B])c1cc(-c2nccc3cc(CC(C)C)ccc23)cc(C([B])([B])[B])c1. The maximum absolute atomic E-state index is 5.91. The van der Waals surface area contributed by atoms with Gasteiger partial charge in [-0.05, 0) is 29.4 Å². The summed E-state index contributed by atoms with van der Waals surface area (Å²) in [5, 5.41) is -1.05. The molecule has 0 spiro atoms. The van der Waals surface area contributed by atoms with Gasteiger partial charge in [0.2, 0.25) is 0 Å². The normalized spacial score (nSPS) is 12.5. The summed E-state index contributed by atoms with van der Waals surface area (Å²) >= 11 is 0. The first-order chi connectivity index (χ1) is 12.9. The fourth-order valence-electron chi connectivity index (χ4n) is 3.32. The van der Waals surface area contributed by atoms with Crippen LogP contribution in [0.4, 0.5) is 0 Å². The Bertz CT molecular complexity index is 970. The quantitative estimate of drug-likeness (QED) is 0.645. The molecule has 2 aromatic carbocycles. The molecular weight excluding hydrogens is 331 g/mol. The minimum atomic E-state index is -1.56. The number of pyridine rings is 1. The van der Waals surface area contributed by atoms with Crippen LogP contribution in [-0.2, 0) is 16.6 Å². The predicted octanol–water partition coefficient (Wildman–Crippen LogP) is 2.33. The van der Waals surface area contributed by atoms with Gasteiger partial charge in [-0.15, -0.1) is 10.2 Å². The third kappa shape index (κ3) is 4.62. The Morgan fingerprint density at radius 2 is 1.43 bits per heavy atom. The zero-order chi connectivity index (χ0) is 20.7. The van der Waals surface area contributed by atoms with Crippen LogP contribution in [0.15, 0.2) is 48.7 Å². The molecule has 0 aliphatic heterocycles. The molecule has 12 radical (unpaired) electrons. The maximum Gasteiger partial charge on any atom is 0.0780 e. The van der Waals surface area contributed by atoms with Gasteiger partial charge in [0.05, 0.1) is 52.8 Å². The van der Waals surface area contributed by atoms with Gasteiger partial charge in [-0.25, -0.2) is 0 Å². The minimum Gasteiger partial charge on any atom is -0.256 e. The highest BCUT2D eigenvalue weighted by Gasteiger charge is 2.20. The van der Waals surface area contributed by atoms with E-state index < -0.39 is 10.2 Å². The third-order valence-corrected chi connectivity index (χ3v) is 4.68. The van der Waals surface area contributed by atoms with E-state index >= 15 is 0 Å². The van der Waals surface area contributed by atoms with Crippen LogP contribution >= 0.6 is 0 Å². The lowest BCUT2D eigenvalue weighted by Gasteiger charge is -2.28. The van der Waals surface area contributed by atoms with Crippen LogP contribution in [0.2, 0.25) is 0 Å². The summed E-state index contributed by atoms with van der Waals surface area (Å²) in [6, 6.07) is 13.6. The number of hydrogen-bond donors (Lipinski definition) is 0. The van der Waals surface area contributed by atoms with Crippen molar-refractivity contribution in [1.29, 1.82) is 0 Å². The van der Waals surface area contributed by atoms with Crippen LogP contribution in [0.25, 0.3) is 22.0 Å². The summed E-state index contributed by atoms with van der Waals surface area (Å²) in [5.41, 5.74) is 3.70. The Hall–Kier alpha value is -1.76. The zero-order valence-electron chi connectivity index (χ0n) is 16.3. The summed E-state index contributed by atoms with van der Waals surface area (Å²) in [7, 11) is 35.4. The molecule has 7 heteroatoms. The summed E-state index contributed by atoms with van der Waals surface area (Å²) in [4.78, 5) is 4.57. The Balaban J connectivity index is 2.21. The molecule has 0 aliphatic rings. The van der Waals surface area contributed by atoms with E-state index in [-0.39, 0.29) is 0 Å². The number of nitrogens with zero attached hydrogens (tertiary/aromatic N) is 1. The first-order valence-corrected chi connectivity index (χ1v) is 9.22. The molecule has 0 bridgehead atoms. The van der Waals surface area contributed by atoms with Crippen molar-refractivity contribution in [2.45, 2.75) is 30.5 Å². The minimum absolute atomic E-state index is 0.459. The molecule has 0 unspecified atom stereocenters. The first-order valence-electron chi connectivity index (χ1n) is 9.22. The van der Waals surface area contributed by atoms with Crippen LogP contribution in [0.1, 0.15) is 30.5 Å². The van der Waals surface area contributed by atoms with Crippen molar-refractivity contribution in [1.82, 2.24) is 4.98 Å². The topological polar surface area (TPSA) is 12.9 Å². The van der Waals surface area contributed by atoms with Crippen molar-refractivity contribution in [3.8, 4) is 11.3 Å². The van der Waals surface area contributed by atoms with Crippen LogP contribution in [0, 0.1) is 5.92 Å². The smallest absolute Gasteiger partial charge is 0.0780 e. The van der Waals surface area contributed by atoms with E-state index in [4.69, 9.17) is 47.1 Å². The molecule has 0 fully saturated rings. The van der Waals surface area contributed by atoms with Gasteiger partial charge >= 0.3 is 0 Å². The van der Waals surface area contributed by atoms with Gasteiger partial charge in [-0.3, -0.25) is 4.98 Å². The average Bonchev–Trinajstić information content (AvgIpc) is 2.58. The van der Waals surface area contributed by atoms with Gasteiger partial charge < -0.3 is 0 Å². The highest BCUT2D eigenvalue weighted by atomic mass is 14.7. The molecule has 1 nitrogen and oxygen atoms in total. The molecule has 124 valence electrons. The van der Waals surface area contributed by atoms with Crippen molar-refractivity contribution >= 4 is 57.9 Å². The second-order valence-corrected chi connectivity index (χ2v) is 7.98. The molecule has 3 aromatic rings. The van der Waals surface area contributed by atoms with Gasteiger partial charge in [0.25, 0.3) is 0 Å². The lowest BCUT2D eigenvalue weighted by atomic mass is 9.37. The molecule has 0 saturated carbocycles. The number of rotatable bonds is 5. The fraction of sp³-hybridized carbons (Fsp3) is 0.286. The van der Waals surface area contributed by atoms with Crippen LogP contribution < -0.4 is 0 Å². The Morgan fingerprint density at radius 3 is 1.96 bits per heavy atom. The molecule has 0 aliphatic carbocycles. The molecule has 0 amide bonds. The van der Waals surface area contributed by atoms with Gasteiger partial charge in [0.15, 0.2) is 0 Å². The summed E-state index contributed by atoms with van der Waals surface area (Å²) < 4.78 is 0. The van der Waals surface area contributed by atoms with Gasteiger partial charge in [-0.1, -0.05) is 61.4 Å². The average molecular weight is 348 g/mol. The van der Waals surface area contributed by atoms with Gasteiger partial charge in [-0.2, -0.15) is 0 Å². The van der Waals surface area contributed by atoms with E-state index in [2.05, 4.69) is 37.0 Å². The van der Waals surface area contributed by atoms with E-state index in [0.29, 0.717) is 17.0 Å². The predicted molar refractivity (Wildman–Crippen MR) is 124 cm³/mol. The molecule has 28 heavy (non-hydrogen) atoms. The number of hydrogen-bond acceptors (Lipinski definition) is 1. The Kier molecular flexibility index (Phi) is 5.67. The molecule has 1 heterocycles. The fourth-order valence-corrected chi connectivity index (χ4v) is 3.32. The second kappa shape index (κ2) is 7.58. The lowest BCUT2D eigenvalue weighted by molar-refractivity contribution is 0.648. The van der Waals surface area contributed by atoms with E-state index in [1.54, 1.807) is 24.4 Å². The van der Waals surface area contributed by atoms with Gasteiger partial charge in [0, 0.05) is 17.1 Å². The standard InChI is InChI=1S/C21H17B6N/c1-12(2)7-13-3-4-18-14(8-13)5-6-28-19(18)15-9-16(20(22,23)24)11-17(10-15)21(25,26)27/h3-6,8-12H,7H2,1-2H3. The molecule has 3 rings (SSSR count). The van der Waals surface area contributed by atoms with Crippen molar-refractivity contribution < 1.29 is 0 Å². The zero-order valence-corrected chi connectivity index (χ0v) is 16.3. The number of benzene rings is 2. The maximum atomic E-state index is 5.91. The van der Waals surface area contributed by atoms with Gasteiger partial charge in [0.1, 0.15) is 0 Å². The summed E-state index contributed by atoms with van der Waals surface area (Å²) in [6.45, 7) is 4.40. The lowest BCUT2D eigenvalue weighted by Crippen LogP contribution is -2.30. The summed E-state index contributed by atoms with van der Waals surface area (Å²) in [6.07, 6.45) is 2.78. The van der Waals surface area contributed by atoms with E-state index in [1.165, 1.54) is 5.56 Å². The third-order valence-electron chi connectivity index (χ3n) is 4.68. The van der Waals surface area contributed by atoms with Crippen LogP contribution in [0.5, 0.6) is 0 Å². The Morgan fingerprint density at radius 1 is 0.821 bits per heavy atom. The van der Waals surface area contributed by atoms with Crippen molar-refractivity contribution in [2.24, 2.45) is 5.92 Å². The molecule has 1 aromatic heterocycles. The van der Waals surface area contributed by atoms with Crippen molar-refractivity contribution in [2.75, 3.05) is 0 Å². The number of aromatic nitrogens is 1. The largest absolute Gasteiger partial charge is 0.256 e. The monoisotopic (exact) mass is 349 g/mol. The van der Waals surface area contributed by atoms with Crippen LogP contribution in [-0.4, -0.2) is 52.1 Å². The van der Waals surface area contributed by atoms with E-state index in [9.17, 15) is 0 Å².